The van der Waals surface area contributed by atoms with Gasteiger partial charge < -0.3 is 14.7 Å². The van der Waals surface area contributed by atoms with Crippen molar-refractivity contribution in [1.82, 2.24) is 4.90 Å². The Labute approximate surface area is 88.1 Å². The number of hydrogen-bond acceptors (Lipinski definition) is 3. The first-order valence-electron chi connectivity index (χ1n) is 5.68. The first-order chi connectivity index (χ1) is 6.70. The molecule has 0 spiro atoms. The van der Waals surface area contributed by atoms with Crippen LogP contribution < -0.4 is 0 Å². The Kier molecular flexibility index (Phi) is 9.35. The van der Waals surface area contributed by atoms with E-state index in [0.717, 1.165) is 45.7 Å². The van der Waals surface area contributed by atoms with Gasteiger partial charge in [-0.05, 0) is 39.8 Å². The summed E-state index contributed by atoms with van der Waals surface area (Å²) in [5.74, 6) is 0. The van der Waals surface area contributed by atoms with Gasteiger partial charge in [0.1, 0.15) is 0 Å². The van der Waals surface area contributed by atoms with Crippen molar-refractivity contribution in [2.45, 2.75) is 39.7 Å². The van der Waals surface area contributed by atoms with E-state index in [4.69, 9.17) is 9.84 Å². The van der Waals surface area contributed by atoms with Crippen LogP contribution in [0.4, 0.5) is 0 Å². The molecule has 14 heavy (non-hydrogen) atoms. The third kappa shape index (κ3) is 8.48. The maximum absolute atomic E-state index is 9.11. The predicted molar refractivity (Wildman–Crippen MR) is 59.5 cm³/mol. The summed E-state index contributed by atoms with van der Waals surface area (Å²) in [7, 11) is 0. The van der Waals surface area contributed by atoms with Crippen molar-refractivity contribution in [3.05, 3.63) is 0 Å². The SMILES string of the molecule is CCOCCN(CC)CCCC(C)O. The van der Waals surface area contributed by atoms with Gasteiger partial charge in [-0.3, -0.25) is 0 Å². The minimum atomic E-state index is -0.166. The lowest BCUT2D eigenvalue weighted by Gasteiger charge is -2.20. The van der Waals surface area contributed by atoms with E-state index in [2.05, 4.69) is 11.8 Å². The molecular weight excluding hydrogens is 178 g/mol. The van der Waals surface area contributed by atoms with Gasteiger partial charge in [0.05, 0.1) is 12.7 Å². The van der Waals surface area contributed by atoms with Crippen LogP contribution in [0.15, 0.2) is 0 Å². The molecule has 0 aromatic heterocycles. The van der Waals surface area contributed by atoms with Crippen molar-refractivity contribution < 1.29 is 9.84 Å². The Morgan fingerprint density at radius 2 is 2.00 bits per heavy atom. The fourth-order valence-corrected chi connectivity index (χ4v) is 1.38. The number of aliphatic hydroxyl groups is 1. The zero-order valence-corrected chi connectivity index (χ0v) is 9.83. The van der Waals surface area contributed by atoms with Crippen molar-refractivity contribution >= 4 is 0 Å². The highest BCUT2D eigenvalue weighted by Crippen LogP contribution is 1.99. The first-order valence-corrected chi connectivity index (χ1v) is 5.68. The van der Waals surface area contributed by atoms with Gasteiger partial charge in [-0.25, -0.2) is 0 Å². The van der Waals surface area contributed by atoms with E-state index in [-0.39, 0.29) is 6.10 Å². The van der Waals surface area contributed by atoms with Crippen LogP contribution in [-0.2, 0) is 4.74 Å². The molecule has 0 aliphatic rings. The minimum Gasteiger partial charge on any atom is -0.393 e. The number of nitrogens with zero attached hydrogens (tertiary/aromatic N) is 1. The quantitative estimate of drug-likeness (QED) is 0.577. The van der Waals surface area contributed by atoms with Crippen LogP contribution in [0.3, 0.4) is 0 Å². The molecule has 0 rings (SSSR count). The summed E-state index contributed by atoms with van der Waals surface area (Å²) in [6.45, 7) is 10.8. The number of rotatable bonds is 9. The van der Waals surface area contributed by atoms with E-state index in [1.165, 1.54) is 0 Å². The highest BCUT2D eigenvalue weighted by molar-refractivity contribution is 4.57. The molecule has 0 aromatic carbocycles. The highest BCUT2D eigenvalue weighted by Gasteiger charge is 2.02. The second-order valence-corrected chi connectivity index (χ2v) is 3.62. The molecule has 0 saturated heterocycles. The zero-order valence-electron chi connectivity index (χ0n) is 9.83. The molecule has 0 aliphatic heterocycles. The van der Waals surface area contributed by atoms with Crippen LogP contribution in [0, 0.1) is 0 Å². The summed E-state index contributed by atoms with van der Waals surface area (Å²) in [5.41, 5.74) is 0. The largest absolute Gasteiger partial charge is 0.393 e. The summed E-state index contributed by atoms with van der Waals surface area (Å²) < 4.78 is 5.30. The molecule has 1 N–H and O–H groups in total. The third-order valence-corrected chi connectivity index (χ3v) is 2.30. The Morgan fingerprint density at radius 3 is 2.50 bits per heavy atom. The van der Waals surface area contributed by atoms with E-state index < -0.39 is 0 Å². The molecule has 0 heterocycles. The van der Waals surface area contributed by atoms with E-state index >= 15 is 0 Å². The van der Waals surface area contributed by atoms with Crippen molar-refractivity contribution in [1.29, 1.82) is 0 Å². The zero-order chi connectivity index (χ0) is 10.8. The van der Waals surface area contributed by atoms with Crippen molar-refractivity contribution in [2.75, 3.05) is 32.8 Å². The molecule has 0 saturated carbocycles. The maximum atomic E-state index is 9.11. The van der Waals surface area contributed by atoms with Gasteiger partial charge in [-0.2, -0.15) is 0 Å². The fourth-order valence-electron chi connectivity index (χ4n) is 1.38. The van der Waals surface area contributed by atoms with Gasteiger partial charge in [0.2, 0.25) is 0 Å². The Hall–Kier alpha value is -0.120. The molecule has 0 fully saturated rings. The van der Waals surface area contributed by atoms with Crippen LogP contribution in [0.1, 0.15) is 33.6 Å². The van der Waals surface area contributed by atoms with Gasteiger partial charge in [0.25, 0.3) is 0 Å². The molecule has 3 heteroatoms. The van der Waals surface area contributed by atoms with Gasteiger partial charge in [0.15, 0.2) is 0 Å². The van der Waals surface area contributed by atoms with Crippen LogP contribution in [-0.4, -0.2) is 49.0 Å². The van der Waals surface area contributed by atoms with Crippen LogP contribution in [0.2, 0.25) is 0 Å². The first kappa shape index (κ1) is 13.9. The topological polar surface area (TPSA) is 32.7 Å². The molecule has 0 amide bonds. The van der Waals surface area contributed by atoms with E-state index in [0.29, 0.717) is 0 Å². The molecule has 0 radical (unpaired) electrons. The van der Waals surface area contributed by atoms with Crippen molar-refractivity contribution in [2.24, 2.45) is 0 Å². The number of ether oxygens (including phenoxy) is 1. The standard InChI is InChI=1S/C11H25NO2/c1-4-12(9-10-14-5-2)8-6-7-11(3)13/h11,13H,4-10H2,1-3H3. The molecule has 1 atom stereocenters. The smallest absolute Gasteiger partial charge is 0.0593 e. The second-order valence-electron chi connectivity index (χ2n) is 3.62. The van der Waals surface area contributed by atoms with Gasteiger partial charge in [-0.15, -0.1) is 0 Å². The van der Waals surface area contributed by atoms with Gasteiger partial charge >= 0.3 is 0 Å². The summed E-state index contributed by atoms with van der Waals surface area (Å²) in [5, 5.41) is 9.11. The average Bonchev–Trinajstić information content (AvgIpc) is 2.15. The Balaban J connectivity index is 3.38. The molecule has 3 nitrogen and oxygen atoms in total. The summed E-state index contributed by atoms with van der Waals surface area (Å²) in [6.07, 6.45) is 1.79. The molecule has 0 aromatic rings. The number of aliphatic hydroxyl groups excluding tert-OH is 1. The minimum absolute atomic E-state index is 0.166. The van der Waals surface area contributed by atoms with E-state index in [1.54, 1.807) is 0 Å². The van der Waals surface area contributed by atoms with Crippen LogP contribution in [0.25, 0.3) is 0 Å². The lowest BCUT2D eigenvalue weighted by Crippen LogP contribution is -2.29. The second kappa shape index (κ2) is 9.44. The predicted octanol–water partition coefficient (Wildman–Crippen LogP) is 1.51. The lowest BCUT2D eigenvalue weighted by molar-refractivity contribution is 0.111. The van der Waals surface area contributed by atoms with E-state index in [9.17, 15) is 0 Å². The normalized spacial score (nSPS) is 13.5. The molecular formula is C11H25NO2. The van der Waals surface area contributed by atoms with Crippen LogP contribution >= 0.6 is 0 Å². The molecule has 86 valence electrons. The van der Waals surface area contributed by atoms with Gasteiger partial charge in [-0.1, -0.05) is 6.92 Å². The molecule has 0 bridgehead atoms. The van der Waals surface area contributed by atoms with E-state index in [1.807, 2.05) is 13.8 Å². The third-order valence-electron chi connectivity index (χ3n) is 2.30. The Morgan fingerprint density at radius 1 is 1.29 bits per heavy atom. The monoisotopic (exact) mass is 203 g/mol. The summed E-state index contributed by atoms with van der Waals surface area (Å²) in [4.78, 5) is 2.36. The summed E-state index contributed by atoms with van der Waals surface area (Å²) >= 11 is 0. The maximum Gasteiger partial charge on any atom is 0.0593 e. The van der Waals surface area contributed by atoms with Crippen molar-refractivity contribution in [3.8, 4) is 0 Å². The van der Waals surface area contributed by atoms with Crippen LogP contribution in [0.5, 0.6) is 0 Å². The average molecular weight is 203 g/mol. The number of likely N-dealkylation sites (N-methyl/N-ethyl adjacent to an activating group) is 1. The fraction of sp³-hybridized carbons (Fsp3) is 1.00. The molecule has 0 aliphatic carbocycles. The number of hydrogen-bond donors (Lipinski definition) is 1. The Bertz CT molecular complexity index is 118. The lowest BCUT2D eigenvalue weighted by atomic mass is 10.2. The summed E-state index contributed by atoms with van der Waals surface area (Å²) in [6, 6.07) is 0. The highest BCUT2D eigenvalue weighted by atomic mass is 16.5. The van der Waals surface area contributed by atoms with Gasteiger partial charge in [0, 0.05) is 13.2 Å². The molecule has 1 unspecified atom stereocenters. The van der Waals surface area contributed by atoms with Crippen molar-refractivity contribution in [3.63, 3.8) is 0 Å².